The van der Waals surface area contributed by atoms with E-state index >= 15 is 0 Å². The van der Waals surface area contributed by atoms with Gasteiger partial charge in [-0.05, 0) is 18.4 Å². The zero-order valence-electron chi connectivity index (χ0n) is 11.0. The van der Waals surface area contributed by atoms with Gasteiger partial charge in [-0.25, -0.2) is 0 Å². The molecule has 0 bridgehead atoms. The lowest BCUT2D eigenvalue weighted by Gasteiger charge is -2.02. The predicted molar refractivity (Wildman–Crippen MR) is 70.0 cm³/mol. The Bertz CT molecular complexity index is 153. The highest BCUT2D eigenvalue weighted by Gasteiger charge is 1.95. The van der Waals surface area contributed by atoms with Crippen LogP contribution in [0.2, 0.25) is 0 Å². The second-order valence-electron chi connectivity index (χ2n) is 2.40. The third-order valence-corrected chi connectivity index (χ3v) is 1.33. The van der Waals surface area contributed by atoms with E-state index in [1.807, 2.05) is 40.8 Å². The molecule has 0 unspecified atom stereocenters. The first-order valence-electron chi connectivity index (χ1n) is 5.52. The summed E-state index contributed by atoms with van der Waals surface area (Å²) in [4.78, 5) is 3.93. The van der Waals surface area contributed by atoms with Gasteiger partial charge in [-0.1, -0.05) is 54.2 Å². The Kier molecular flexibility index (Phi) is 24.3. The van der Waals surface area contributed by atoms with Gasteiger partial charge >= 0.3 is 0 Å². The van der Waals surface area contributed by atoms with Crippen LogP contribution in [0.25, 0.3) is 0 Å². The van der Waals surface area contributed by atoms with Gasteiger partial charge in [0.05, 0.1) is 0 Å². The van der Waals surface area contributed by atoms with Crippen LogP contribution in [0.1, 0.15) is 48.5 Å². The van der Waals surface area contributed by atoms with E-state index in [2.05, 4.69) is 31.5 Å². The SMILES string of the molecule is C=CN=C/C(=C\C)C(C)C.CC.CC. The van der Waals surface area contributed by atoms with Crippen LogP contribution in [0, 0.1) is 5.92 Å². The molecule has 0 radical (unpaired) electrons. The minimum Gasteiger partial charge on any atom is -0.265 e. The summed E-state index contributed by atoms with van der Waals surface area (Å²) in [5.74, 6) is 0.550. The summed E-state index contributed by atoms with van der Waals surface area (Å²) in [6, 6.07) is 0. The van der Waals surface area contributed by atoms with Crippen LogP contribution in [0.15, 0.2) is 29.4 Å². The maximum Gasteiger partial charge on any atom is 0.0298 e. The van der Waals surface area contributed by atoms with E-state index in [0.717, 1.165) is 0 Å². The van der Waals surface area contributed by atoms with Crippen molar-refractivity contribution in [1.29, 1.82) is 0 Å². The van der Waals surface area contributed by atoms with E-state index in [1.54, 1.807) is 6.20 Å². The van der Waals surface area contributed by atoms with Gasteiger partial charge in [0.1, 0.15) is 0 Å². The standard InChI is InChI=1S/C9H15N.2C2H6/c1-5-9(8(3)4)7-10-6-2;2*1-2/h5-8H,2H2,1,3-4H3;2*1-2H3/b9-5+,10-7?;;. The Balaban J connectivity index is -0.000000266. The molecule has 0 saturated heterocycles. The molecule has 0 rings (SSSR count). The molecule has 0 aromatic rings. The predicted octanol–water partition coefficient (Wildman–Crippen LogP) is 4.86. The minimum atomic E-state index is 0.550. The van der Waals surface area contributed by atoms with E-state index in [1.165, 1.54) is 5.57 Å². The summed E-state index contributed by atoms with van der Waals surface area (Å²) in [7, 11) is 0. The number of aliphatic imine (C=N–C) groups is 1. The van der Waals surface area contributed by atoms with Gasteiger partial charge < -0.3 is 0 Å². The highest BCUT2D eigenvalue weighted by Crippen LogP contribution is 2.05. The number of hydrogen-bond donors (Lipinski definition) is 0. The molecule has 0 saturated carbocycles. The van der Waals surface area contributed by atoms with E-state index < -0.39 is 0 Å². The lowest BCUT2D eigenvalue weighted by Crippen LogP contribution is -1.93. The maximum absolute atomic E-state index is 3.93. The van der Waals surface area contributed by atoms with Crippen molar-refractivity contribution in [2.24, 2.45) is 10.9 Å². The molecule has 0 aliphatic heterocycles. The molecule has 84 valence electrons. The normalized spacial score (nSPS) is 10.1. The van der Waals surface area contributed by atoms with Gasteiger partial charge in [0, 0.05) is 12.4 Å². The van der Waals surface area contributed by atoms with Crippen LogP contribution >= 0.6 is 0 Å². The first-order chi connectivity index (χ1) is 6.72. The summed E-state index contributed by atoms with van der Waals surface area (Å²) < 4.78 is 0. The highest BCUT2D eigenvalue weighted by atomic mass is 14.7. The van der Waals surface area contributed by atoms with Crippen LogP contribution in [-0.2, 0) is 0 Å². The van der Waals surface area contributed by atoms with Crippen LogP contribution in [0.5, 0.6) is 0 Å². The molecular formula is C13H27N. The first-order valence-corrected chi connectivity index (χ1v) is 5.52. The number of allylic oxidation sites excluding steroid dienone is 2. The molecule has 0 aromatic heterocycles. The number of hydrogen-bond acceptors (Lipinski definition) is 1. The van der Waals surface area contributed by atoms with Crippen molar-refractivity contribution in [2.45, 2.75) is 48.5 Å². The molecule has 1 nitrogen and oxygen atoms in total. The fraction of sp³-hybridized carbons (Fsp3) is 0.615. The van der Waals surface area contributed by atoms with Crippen molar-refractivity contribution >= 4 is 6.21 Å². The third-order valence-electron chi connectivity index (χ3n) is 1.33. The largest absolute Gasteiger partial charge is 0.265 e. The van der Waals surface area contributed by atoms with Crippen molar-refractivity contribution in [2.75, 3.05) is 0 Å². The fourth-order valence-electron chi connectivity index (χ4n) is 0.696. The van der Waals surface area contributed by atoms with Gasteiger partial charge in [-0.15, -0.1) is 0 Å². The molecular weight excluding hydrogens is 170 g/mol. The summed E-state index contributed by atoms with van der Waals surface area (Å²) in [5, 5.41) is 0. The molecule has 1 heteroatoms. The molecule has 0 aromatic carbocycles. The molecule has 0 aliphatic carbocycles. The summed E-state index contributed by atoms with van der Waals surface area (Å²) in [6.45, 7) is 17.8. The van der Waals surface area contributed by atoms with Crippen LogP contribution in [-0.4, -0.2) is 6.21 Å². The lowest BCUT2D eigenvalue weighted by atomic mass is 10.1. The summed E-state index contributed by atoms with van der Waals surface area (Å²) >= 11 is 0. The van der Waals surface area contributed by atoms with Gasteiger partial charge in [0.15, 0.2) is 0 Å². The topological polar surface area (TPSA) is 12.4 Å². The third kappa shape index (κ3) is 13.7. The van der Waals surface area contributed by atoms with Crippen LogP contribution < -0.4 is 0 Å². The second-order valence-corrected chi connectivity index (χ2v) is 2.40. The summed E-state index contributed by atoms with van der Waals surface area (Å²) in [5.41, 5.74) is 1.25. The first kappa shape index (κ1) is 18.8. The van der Waals surface area contributed by atoms with Crippen molar-refractivity contribution in [1.82, 2.24) is 0 Å². The van der Waals surface area contributed by atoms with Gasteiger partial charge in [0.2, 0.25) is 0 Å². The van der Waals surface area contributed by atoms with Crippen LogP contribution in [0.4, 0.5) is 0 Å². The Hall–Kier alpha value is -0.850. The van der Waals surface area contributed by atoms with Crippen molar-refractivity contribution in [3.05, 3.63) is 24.4 Å². The van der Waals surface area contributed by atoms with Crippen LogP contribution in [0.3, 0.4) is 0 Å². The smallest absolute Gasteiger partial charge is 0.0298 e. The number of nitrogens with zero attached hydrogens (tertiary/aromatic N) is 1. The molecule has 0 spiro atoms. The monoisotopic (exact) mass is 197 g/mol. The highest BCUT2D eigenvalue weighted by molar-refractivity contribution is 5.79. The zero-order valence-corrected chi connectivity index (χ0v) is 11.0. The molecule has 0 aliphatic rings. The molecule has 0 fully saturated rings. The minimum absolute atomic E-state index is 0.550. The van der Waals surface area contributed by atoms with Crippen molar-refractivity contribution in [3.8, 4) is 0 Å². The average Bonchev–Trinajstić information content (AvgIpc) is 2.24. The van der Waals surface area contributed by atoms with E-state index in [4.69, 9.17) is 0 Å². The number of rotatable bonds is 3. The molecule has 0 heterocycles. The van der Waals surface area contributed by atoms with Gasteiger partial charge in [-0.3, -0.25) is 4.99 Å². The zero-order chi connectivity index (χ0) is 12.0. The van der Waals surface area contributed by atoms with E-state index in [0.29, 0.717) is 5.92 Å². The Labute approximate surface area is 90.6 Å². The molecule has 0 N–H and O–H groups in total. The quantitative estimate of drug-likeness (QED) is 0.573. The average molecular weight is 197 g/mol. The van der Waals surface area contributed by atoms with Gasteiger partial charge in [0.25, 0.3) is 0 Å². The maximum atomic E-state index is 3.93. The second kappa shape index (κ2) is 18.0. The summed E-state index contributed by atoms with van der Waals surface area (Å²) in [6.07, 6.45) is 5.46. The Morgan fingerprint density at radius 2 is 1.57 bits per heavy atom. The van der Waals surface area contributed by atoms with Gasteiger partial charge in [-0.2, -0.15) is 0 Å². The fourth-order valence-corrected chi connectivity index (χ4v) is 0.696. The van der Waals surface area contributed by atoms with Crippen molar-refractivity contribution in [3.63, 3.8) is 0 Å². The lowest BCUT2D eigenvalue weighted by molar-refractivity contribution is 0.805. The van der Waals surface area contributed by atoms with E-state index in [-0.39, 0.29) is 0 Å². The molecule has 0 amide bonds. The Morgan fingerprint density at radius 3 is 1.79 bits per heavy atom. The molecule has 14 heavy (non-hydrogen) atoms. The Morgan fingerprint density at radius 1 is 1.14 bits per heavy atom. The van der Waals surface area contributed by atoms with Crippen molar-refractivity contribution < 1.29 is 0 Å². The van der Waals surface area contributed by atoms with E-state index in [9.17, 15) is 0 Å². The molecule has 0 atom stereocenters.